The van der Waals surface area contributed by atoms with Crippen molar-refractivity contribution in [1.82, 2.24) is 0 Å². The Morgan fingerprint density at radius 2 is 0.689 bits per heavy atom. The van der Waals surface area contributed by atoms with E-state index in [0.717, 1.165) is 21.9 Å². The molecule has 0 aliphatic rings. The van der Waals surface area contributed by atoms with Crippen molar-refractivity contribution in [2.75, 3.05) is 0 Å². The molecule has 210 valence electrons. The van der Waals surface area contributed by atoms with E-state index in [1.54, 1.807) is 0 Å². The van der Waals surface area contributed by atoms with Crippen molar-refractivity contribution in [1.29, 1.82) is 0 Å². The molecular formula is C44H28O. The van der Waals surface area contributed by atoms with Crippen LogP contribution < -0.4 is 0 Å². The summed E-state index contributed by atoms with van der Waals surface area (Å²) >= 11 is 0. The Bertz CT molecular complexity index is 2460. The zero-order valence-electron chi connectivity index (χ0n) is 24.6. The fourth-order valence-electron chi connectivity index (χ4n) is 7.05. The van der Waals surface area contributed by atoms with Gasteiger partial charge in [-0.05, 0) is 84.3 Å². The average Bonchev–Trinajstić information content (AvgIpc) is 3.49. The Morgan fingerprint density at radius 1 is 0.267 bits per heavy atom. The van der Waals surface area contributed by atoms with Gasteiger partial charge >= 0.3 is 0 Å². The van der Waals surface area contributed by atoms with Crippen LogP contribution in [0.2, 0.25) is 0 Å². The molecule has 45 heavy (non-hydrogen) atoms. The molecule has 0 atom stereocenters. The van der Waals surface area contributed by atoms with E-state index >= 15 is 0 Å². The summed E-state index contributed by atoms with van der Waals surface area (Å²) < 4.78 is 6.11. The van der Waals surface area contributed by atoms with E-state index < -0.39 is 0 Å². The van der Waals surface area contributed by atoms with Crippen LogP contribution >= 0.6 is 0 Å². The number of benzene rings is 8. The van der Waals surface area contributed by atoms with Crippen molar-refractivity contribution >= 4 is 43.5 Å². The number of furan rings is 1. The fraction of sp³-hybridized carbons (Fsp3) is 0. The lowest BCUT2D eigenvalue weighted by atomic mass is 9.85. The zero-order chi connectivity index (χ0) is 29.7. The molecule has 0 amide bonds. The van der Waals surface area contributed by atoms with E-state index in [1.807, 2.05) is 12.1 Å². The predicted molar refractivity (Wildman–Crippen MR) is 190 cm³/mol. The van der Waals surface area contributed by atoms with E-state index in [2.05, 4.69) is 158 Å². The lowest BCUT2D eigenvalue weighted by molar-refractivity contribution is 0.669. The minimum Gasteiger partial charge on any atom is -0.456 e. The average molecular weight is 573 g/mol. The van der Waals surface area contributed by atoms with Crippen LogP contribution in [-0.4, -0.2) is 0 Å². The van der Waals surface area contributed by atoms with Gasteiger partial charge in [0.15, 0.2) is 0 Å². The number of rotatable bonds is 4. The van der Waals surface area contributed by atoms with Crippen LogP contribution in [-0.2, 0) is 0 Å². The molecule has 0 saturated carbocycles. The van der Waals surface area contributed by atoms with Gasteiger partial charge in [0, 0.05) is 10.8 Å². The van der Waals surface area contributed by atoms with Crippen LogP contribution in [0.1, 0.15) is 0 Å². The molecule has 0 spiro atoms. The smallest absolute Gasteiger partial charge is 0.135 e. The lowest BCUT2D eigenvalue weighted by Crippen LogP contribution is -1.91. The molecular weight excluding hydrogens is 544 g/mol. The first-order valence-corrected chi connectivity index (χ1v) is 15.4. The molecule has 0 N–H and O–H groups in total. The third-order valence-corrected chi connectivity index (χ3v) is 9.09. The summed E-state index contributed by atoms with van der Waals surface area (Å²) in [5.41, 5.74) is 11.7. The van der Waals surface area contributed by atoms with Gasteiger partial charge in [0.25, 0.3) is 0 Å². The first-order chi connectivity index (χ1) is 22.3. The molecule has 9 aromatic rings. The normalized spacial score (nSPS) is 11.6. The summed E-state index contributed by atoms with van der Waals surface area (Å²) in [6.07, 6.45) is 0. The third-order valence-electron chi connectivity index (χ3n) is 9.09. The van der Waals surface area contributed by atoms with Gasteiger partial charge in [0.1, 0.15) is 11.2 Å². The highest BCUT2D eigenvalue weighted by Gasteiger charge is 2.17. The number of fused-ring (bicyclic) bond motifs is 5. The van der Waals surface area contributed by atoms with E-state index in [9.17, 15) is 0 Å². The monoisotopic (exact) mass is 572 g/mol. The molecule has 1 nitrogen and oxygen atoms in total. The van der Waals surface area contributed by atoms with Crippen molar-refractivity contribution in [3.05, 3.63) is 170 Å². The van der Waals surface area contributed by atoms with Gasteiger partial charge in [0.05, 0.1) is 0 Å². The summed E-state index contributed by atoms with van der Waals surface area (Å²) in [5, 5.41) is 7.37. The van der Waals surface area contributed by atoms with Crippen molar-refractivity contribution in [2.24, 2.45) is 0 Å². The van der Waals surface area contributed by atoms with Crippen LogP contribution in [0.4, 0.5) is 0 Å². The molecule has 0 unspecified atom stereocenters. The summed E-state index contributed by atoms with van der Waals surface area (Å²) in [6, 6.07) is 61.0. The van der Waals surface area contributed by atoms with Crippen molar-refractivity contribution in [2.45, 2.75) is 0 Å². The Balaban J connectivity index is 1.19. The van der Waals surface area contributed by atoms with Crippen LogP contribution in [0.25, 0.3) is 88.0 Å². The molecule has 0 fully saturated rings. The van der Waals surface area contributed by atoms with Gasteiger partial charge in [-0.15, -0.1) is 0 Å². The van der Waals surface area contributed by atoms with E-state index in [-0.39, 0.29) is 0 Å². The van der Waals surface area contributed by atoms with Gasteiger partial charge in [-0.1, -0.05) is 152 Å². The van der Waals surface area contributed by atoms with Gasteiger partial charge in [0.2, 0.25) is 0 Å². The van der Waals surface area contributed by atoms with Crippen molar-refractivity contribution in [3.8, 4) is 44.5 Å². The van der Waals surface area contributed by atoms with E-state index in [1.165, 1.54) is 66.1 Å². The van der Waals surface area contributed by atoms with Gasteiger partial charge < -0.3 is 4.42 Å². The van der Waals surface area contributed by atoms with Crippen LogP contribution in [0.5, 0.6) is 0 Å². The highest BCUT2D eigenvalue weighted by molar-refractivity contribution is 6.21. The highest BCUT2D eigenvalue weighted by Crippen LogP contribution is 2.44. The maximum Gasteiger partial charge on any atom is 0.135 e. The standard InChI is InChI=1S/C44H28O/c1-2-12-30(13-3-1)43-36-17-6-8-19-38(36)44(39-20-9-7-18-37(39)43)31-24-22-29(23-25-31)33-14-4-5-15-34(33)32-26-27-42-40(28-32)35-16-10-11-21-41(35)45-42/h1-28H. The Hall–Kier alpha value is -5.92. The largest absolute Gasteiger partial charge is 0.456 e. The lowest BCUT2D eigenvalue weighted by Gasteiger charge is -2.18. The first kappa shape index (κ1) is 25.6. The molecule has 9 rings (SSSR count). The molecule has 1 heterocycles. The molecule has 1 aromatic heterocycles. The summed E-state index contributed by atoms with van der Waals surface area (Å²) in [6.45, 7) is 0. The highest BCUT2D eigenvalue weighted by atomic mass is 16.3. The topological polar surface area (TPSA) is 13.1 Å². The molecule has 0 radical (unpaired) electrons. The summed E-state index contributed by atoms with van der Waals surface area (Å²) in [5.74, 6) is 0. The van der Waals surface area contributed by atoms with Crippen LogP contribution in [0.3, 0.4) is 0 Å². The summed E-state index contributed by atoms with van der Waals surface area (Å²) in [4.78, 5) is 0. The van der Waals surface area contributed by atoms with E-state index in [0.29, 0.717) is 0 Å². The predicted octanol–water partition coefficient (Wildman–Crippen LogP) is 12.6. The minimum absolute atomic E-state index is 0.916. The minimum atomic E-state index is 0.916. The third kappa shape index (κ3) is 4.17. The van der Waals surface area contributed by atoms with Crippen molar-refractivity contribution < 1.29 is 4.42 Å². The molecule has 0 saturated heterocycles. The van der Waals surface area contributed by atoms with Crippen LogP contribution in [0, 0.1) is 0 Å². The van der Waals surface area contributed by atoms with Crippen molar-refractivity contribution in [3.63, 3.8) is 0 Å². The number of para-hydroxylation sites is 1. The Labute approximate surface area is 261 Å². The van der Waals surface area contributed by atoms with Gasteiger partial charge in [-0.2, -0.15) is 0 Å². The van der Waals surface area contributed by atoms with E-state index in [4.69, 9.17) is 4.42 Å². The fourth-order valence-corrected chi connectivity index (χ4v) is 7.05. The number of hydrogen-bond acceptors (Lipinski definition) is 1. The van der Waals surface area contributed by atoms with Crippen LogP contribution in [0.15, 0.2) is 174 Å². The second kappa shape index (κ2) is 10.4. The Kier molecular flexibility index (Phi) is 5.89. The maximum atomic E-state index is 6.11. The quantitative estimate of drug-likeness (QED) is 0.191. The molecule has 1 heteroatoms. The summed E-state index contributed by atoms with van der Waals surface area (Å²) in [7, 11) is 0. The Morgan fingerprint density at radius 3 is 1.31 bits per heavy atom. The molecule has 0 aliphatic carbocycles. The first-order valence-electron chi connectivity index (χ1n) is 15.4. The molecule has 0 aliphatic heterocycles. The number of hydrogen-bond donors (Lipinski definition) is 0. The maximum absolute atomic E-state index is 6.11. The van der Waals surface area contributed by atoms with Gasteiger partial charge in [-0.3, -0.25) is 0 Å². The second-order valence-electron chi connectivity index (χ2n) is 11.6. The molecule has 8 aromatic carbocycles. The zero-order valence-corrected chi connectivity index (χ0v) is 24.6. The molecule has 0 bridgehead atoms. The second-order valence-corrected chi connectivity index (χ2v) is 11.6. The SMILES string of the molecule is c1ccc(-c2c3ccccc3c(-c3ccc(-c4ccccc4-c4ccc5oc6ccccc6c5c4)cc3)c3ccccc23)cc1. The van der Waals surface area contributed by atoms with Gasteiger partial charge in [-0.25, -0.2) is 0 Å².